The molecule has 7 rings (SSSR count). The summed E-state index contributed by atoms with van der Waals surface area (Å²) in [6.07, 6.45) is 9.36. The molecule has 0 bridgehead atoms. The van der Waals surface area contributed by atoms with E-state index in [1.807, 2.05) is 42.5 Å². The van der Waals surface area contributed by atoms with Crippen molar-refractivity contribution in [3.63, 3.8) is 0 Å². The van der Waals surface area contributed by atoms with E-state index in [9.17, 15) is 9.59 Å². The number of benzene rings is 2. The first-order valence-electron chi connectivity index (χ1n) is 15.6. The molecule has 2 aromatic carbocycles. The van der Waals surface area contributed by atoms with Gasteiger partial charge in [-0.1, -0.05) is 44.2 Å². The second-order valence-corrected chi connectivity index (χ2v) is 13.7. The Morgan fingerprint density at radius 1 is 0.927 bits per heavy atom. The summed E-state index contributed by atoms with van der Waals surface area (Å²) in [7, 11) is 1.66. The lowest BCUT2D eigenvalue weighted by atomic mass is 9.45. The van der Waals surface area contributed by atoms with Crippen LogP contribution < -0.4 is 4.74 Å². The average Bonchev–Trinajstić information content (AvgIpc) is 3.30. The number of hydrogen-bond donors (Lipinski definition) is 0. The number of aromatic nitrogens is 1. The van der Waals surface area contributed by atoms with Crippen LogP contribution in [0, 0.1) is 34.5 Å². The molecule has 1 aromatic heterocycles. The molecule has 0 amide bonds. The molecule has 7 atom stereocenters. The standard InChI is InChI=1S/C36H41NO4/c1-35-17-15-25(19-23(35)9-11-26-29-12-14-33(38)36(29,2)18-16-30(26)35)41-34(39)32-21-27(22-7-5-4-6-8-22)28-20-24(40-3)10-13-31(28)37-32/h4-8,10,13,20-21,23,25-26,29-30H,9,11-12,14-19H2,1-3H3/t23-,25-,26-,29-,30-,35-,36-/m0/s1. The molecular weight excluding hydrogens is 510 g/mol. The van der Waals surface area contributed by atoms with Gasteiger partial charge in [-0.15, -0.1) is 0 Å². The highest BCUT2D eigenvalue weighted by Gasteiger charge is 2.60. The van der Waals surface area contributed by atoms with Crippen molar-refractivity contribution in [3.8, 4) is 16.9 Å². The number of ketones is 1. The number of pyridine rings is 1. The number of methoxy groups -OCH3 is 1. The van der Waals surface area contributed by atoms with E-state index in [0.29, 0.717) is 35.1 Å². The van der Waals surface area contributed by atoms with Crippen LogP contribution in [0.5, 0.6) is 5.75 Å². The van der Waals surface area contributed by atoms with Gasteiger partial charge in [0.05, 0.1) is 12.6 Å². The van der Waals surface area contributed by atoms with Gasteiger partial charge in [0.2, 0.25) is 0 Å². The molecule has 5 heteroatoms. The summed E-state index contributed by atoms with van der Waals surface area (Å²) in [5.74, 6) is 3.44. The third kappa shape index (κ3) is 4.30. The van der Waals surface area contributed by atoms with Crippen molar-refractivity contribution in [2.24, 2.45) is 34.5 Å². The zero-order valence-corrected chi connectivity index (χ0v) is 24.5. The smallest absolute Gasteiger partial charge is 0.357 e. The summed E-state index contributed by atoms with van der Waals surface area (Å²) in [6, 6.07) is 17.8. The molecule has 4 aliphatic carbocycles. The van der Waals surface area contributed by atoms with Gasteiger partial charge < -0.3 is 9.47 Å². The summed E-state index contributed by atoms with van der Waals surface area (Å²) in [6.45, 7) is 4.77. The minimum Gasteiger partial charge on any atom is -0.497 e. The van der Waals surface area contributed by atoms with Gasteiger partial charge in [0.25, 0.3) is 0 Å². The van der Waals surface area contributed by atoms with Crippen LogP contribution in [0.1, 0.15) is 82.1 Å². The maximum atomic E-state index is 13.6. The van der Waals surface area contributed by atoms with Gasteiger partial charge in [-0.3, -0.25) is 4.79 Å². The van der Waals surface area contributed by atoms with Crippen molar-refractivity contribution in [2.75, 3.05) is 7.11 Å². The highest BCUT2D eigenvalue weighted by Crippen LogP contribution is 2.65. The number of nitrogens with zero attached hydrogens (tertiary/aromatic N) is 1. The molecule has 4 aliphatic rings. The molecular formula is C36H41NO4. The third-order valence-corrected chi connectivity index (χ3v) is 11.9. The molecule has 4 saturated carbocycles. The summed E-state index contributed by atoms with van der Waals surface area (Å²) in [5, 5.41) is 0.949. The van der Waals surface area contributed by atoms with E-state index < -0.39 is 0 Å². The SMILES string of the molecule is COc1ccc2nc(C(=O)O[C@H]3CC[C@@]4(C)[C@@H](CC[C@@H]5[C@@H]4CC[C@]4(C)C(=O)CC[C@@H]54)C3)cc(-c3ccccc3)c2c1. The van der Waals surface area contributed by atoms with E-state index >= 15 is 0 Å². The van der Waals surface area contributed by atoms with Crippen LogP contribution in [0.15, 0.2) is 54.6 Å². The Balaban J connectivity index is 1.10. The van der Waals surface area contributed by atoms with Crippen molar-refractivity contribution in [1.82, 2.24) is 4.98 Å². The van der Waals surface area contributed by atoms with Crippen LogP contribution in [-0.2, 0) is 9.53 Å². The lowest BCUT2D eigenvalue weighted by Gasteiger charge is -2.60. The minimum absolute atomic E-state index is 0.0757. The Kier molecular flexibility index (Phi) is 6.48. The second-order valence-electron chi connectivity index (χ2n) is 13.7. The van der Waals surface area contributed by atoms with Crippen molar-refractivity contribution in [3.05, 3.63) is 60.3 Å². The van der Waals surface area contributed by atoms with E-state index in [1.54, 1.807) is 7.11 Å². The average molecular weight is 552 g/mol. The highest BCUT2D eigenvalue weighted by molar-refractivity contribution is 6.00. The molecule has 0 aliphatic heterocycles. The molecule has 1 heterocycles. The number of carbonyl (C=O) groups excluding carboxylic acids is 2. The summed E-state index contributed by atoms with van der Waals surface area (Å²) in [4.78, 5) is 31.1. The first-order valence-corrected chi connectivity index (χ1v) is 15.6. The lowest BCUT2D eigenvalue weighted by Crippen LogP contribution is -2.54. The summed E-state index contributed by atoms with van der Waals surface area (Å²) < 4.78 is 11.7. The molecule has 0 spiro atoms. The Morgan fingerprint density at radius 3 is 2.56 bits per heavy atom. The normalized spacial score (nSPS) is 34.4. The van der Waals surface area contributed by atoms with Gasteiger partial charge in [-0.25, -0.2) is 9.78 Å². The first-order chi connectivity index (χ1) is 19.8. The predicted octanol–water partition coefficient (Wildman–Crippen LogP) is 8.05. The zero-order chi connectivity index (χ0) is 28.4. The van der Waals surface area contributed by atoms with Gasteiger partial charge >= 0.3 is 5.97 Å². The van der Waals surface area contributed by atoms with Crippen molar-refractivity contribution >= 4 is 22.7 Å². The predicted molar refractivity (Wildman–Crippen MR) is 160 cm³/mol. The molecule has 0 N–H and O–H groups in total. The maximum absolute atomic E-state index is 13.6. The molecule has 0 unspecified atom stereocenters. The highest BCUT2D eigenvalue weighted by atomic mass is 16.5. The van der Waals surface area contributed by atoms with E-state index in [2.05, 4.69) is 26.0 Å². The fourth-order valence-electron chi connectivity index (χ4n) is 9.60. The summed E-state index contributed by atoms with van der Waals surface area (Å²) >= 11 is 0. The number of ether oxygens (including phenoxy) is 2. The van der Waals surface area contributed by atoms with E-state index in [1.165, 1.54) is 19.3 Å². The monoisotopic (exact) mass is 551 g/mol. The first kappa shape index (κ1) is 26.7. The van der Waals surface area contributed by atoms with E-state index in [0.717, 1.165) is 66.3 Å². The van der Waals surface area contributed by atoms with Crippen LogP contribution in [-0.4, -0.2) is 30.0 Å². The lowest BCUT2D eigenvalue weighted by molar-refractivity contribution is -0.142. The molecule has 4 fully saturated rings. The Morgan fingerprint density at radius 2 is 1.76 bits per heavy atom. The summed E-state index contributed by atoms with van der Waals surface area (Å²) in [5.41, 5.74) is 3.29. The van der Waals surface area contributed by atoms with Crippen LogP contribution in [0.2, 0.25) is 0 Å². The van der Waals surface area contributed by atoms with E-state index in [4.69, 9.17) is 14.5 Å². The molecule has 3 aromatic rings. The Bertz CT molecular complexity index is 1500. The minimum atomic E-state index is -0.333. The number of carbonyl (C=O) groups is 2. The molecule has 0 saturated heterocycles. The van der Waals surface area contributed by atoms with Crippen LogP contribution in [0.25, 0.3) is 22.0 Å². The van der Waals surface area contributed by atoms with Crippen molar-refractivity contribution in [1.29, 1.82) is 0 Å². The number of Topliss-reactive ketones (excluding diaryl/α,β-unsaturated/α-hetero) is 1. The second kappa shape index (κ2) is 9.96. The Labute approximate surface area is 243 Å². The number of esters is 1. The Hall–Kier alpha value is -3.21. The third-order valence-electron chi connectivity index (χ3n) is 11.9. The number of hydrogen-bond acceptors (Lipinski definition) is 5. The number of fused-ring (bicyclic) bond motifs is 6. The molecule has 0 radical (unpaired) electrons. The van der Waals surface area contributed by atoms with Crippen LogP contribution in [0.4, 0.5) is 0 Å². The van der Waals surface area contributed by atoms with Crippen LogP contribution >= 0.6 is 0 Å². The van der Waals surface area contributed by atoms with Gasteiger partial charge in [-0.05, 0) is 116 Å². The fourth-order valence-corrected chi connectivity index (χ4v) is 9.60. The van der Waals surface area contributed by atoms with Gasteiger partial charge in [0, 0.05) is 17.2 Å². The van der Waals surface area contributed by atoms with Crippen LogP contribution in [0.3, 0.4) is 0 Å². The quantitative estimate of drug-likeness (QED) is 0.307. The fraction of sp³-hybridized carbons (Fsp3) is 0.528. The van der Waals surface area contributed by atoms with Gasteiger partial charge in [0.15, 0.2) is 0 Å². The topological polar surface area (TPSA) is 65.5 Å². The molecule has 214 valence electrons. The zero-order valence-electron chi connectivity index (χ0n) is 24.5. The molecule has 41 heavy (non-hydrogen) atoms. The number of rotatable bonds is 4. The largest absolute Gasteiger partial charge is 0.497 e. The van der Waals surface area contributed by atoms with Crippen molar-refractivity contribution < 1.29 is 19.1 Å². The van der Waals surface area contributed by atoms with Gasteiger partial charge in [-0.2, -0.15) is 0 Å². The van der Waals surface area contributed by atoms with Crippen molar-refractivity contribution in [2.45, 2.75) is 77.7 Å². The maximum Gasteiger partial charge on any atom is 0.357 e. The molecule has 5 nitrogen and oxygen atoms in total. The van der Waals surface area contributed by atoms with Gasteiger partial charge in [0.1, 0.15) is 23.3 Å². The van der Waals surface area contributed by atoms with E-state index in [-0.39, 0.29) is 22.9 Å².